The highest BCUT2D eigenvalue weighted by molar-refractivity contribution is 9.10. The monoisotopic (exact) mass is 375 g/mol. The predicted molar refractivity (Wildman–Crippen MR) is 87.4 cm³/mol. The predicted octanol–water partition coefficient (Wildman–Crippen LogP) is 4.29. The Morgan fingerprint density at radius 2 is 2.10 bits per heavy atom. The van der Waals surface area contributed by atoms with Crippen LogP contribution in [-0.2, 0) is 19.9 Å². The van der Waals surface area contributed by atoms with E-state index < -0.39 is 0 Å². The molecule has 2 N–H and O–H groups in total. The Bertz CT molecular complexity index is 625. The zero-order valence-electron chi connectivity index (χ0n) is 11.3. The number of benzene rings is 1. The highest BCUT2D eigenvalue weighted by Crippen LogP contribution is 2.30. The van der Waals surface area contributed by atoms with E-state index in [0.29, 0.717) is 11.4 Å². The van der Waals surface area contributed by atoms with Crippen molar-refractivity contribution in [1.82, 2.24) is 9.78 Å². The normalized spacial score (nSPS) is 12.7. The first-order valence-electron chi connectivity index (χ1n) is 6.34. The number of aryl methyl sites for hydroxylation is 2. The van der Waals surface area contributed by atoms with Crippen LogP contribution in [0.5, 0.6) is 0 Å². The zero-order valence-corrected chi connectivity index (χ0v) is 14.4. The maximum Gasteiger partial charge on any atom is 0.0850 e. The molecular formula is C14H16BrCl2N3. The van der Waals surface area contributed by atoms with Crippen LogP contribution in [-0.4, -0.2) is 9.78 Å². The van der Waals surface area contributed by atoms with Crippen molar-refractivity contribution in [1.29, 1.82) is 0 Å². The van der Waals surface area contributed by atoms with Gasteiger partial charge in [0.2, 0.25) is 0 Å². The third-order valence-electron chi connectivity index (χ3n) is 3.28. The molecule has 0 saturated heterocycles. The van der Waals surface area contributed by atoms with E-state index in [4.69, 9.17) is 28.9 Å². The first kappa shape index (κ1) is 15.8. The summed E-state index contributed by atoms with van der Waals surface area (Å²) in [6, 6.07) is 5.45. The van der Waals surface area contributed by atoms with Gasteiger partial charge in [0.1, 0.15) is 0 Å². The smallest absolute Gasteiger partial charge is 0.0850 e. The minimum atomic E-state index is -0.167. The fourth-order valence-electron chi connectivity index (χ4n) is 2.16. The summed E-state index contributed by atoms with van der Waals surface area (Å²) in [4.78, 5) is 0. The van der Waals surface area contributed by atoms with Gasteiger partial charge in [-0.1, -0.05) is 52.1 Å². The fraction of sp³-hybridized carbons (Fsp3) is 0.357. The van der Waals surface area contributed by atoms with Gasteiger partial charge in [-0.3, -0.25) is 4.68 Å². The maximum absolute atomic E-state index is 6.35. The van der Waals surface area contributed by atoms with E-state index in [2.05, 4.69) is 21.0 Å². The Morgan fingerprint density at radius 1 is 1.40 bits per heavy atom. The second-order valence-electron chi connectivity index (χ2n) is 4.66. The molecule has 1 unspecified atom stereocenters. The molecule has 1 aromatic carbocycles. The van der Waals surface area contributed by atoms with E-state index in [1.54, 1.807) is 0 Å². The number of aromatic nitrogens is 2. The van der Waals surface area contributed by atoms with Crippen LogP contribution in [0, 0.1) is 0 Å². The van der Waals surface area contributed by atoms with E-state index in [0.717, 1.165) is 32.9 Å². The van der Waals surface area contributed by atoms with Gasteiger partial charge < -0.3 is 5.73 Å². The van der Waals surface area contributed by atoms with Crippen molar-refractivity contribution in [2.24, 2.45) is 12.8 Å². The summed E-state index contributed by atoms with van der Waals surface area (Å²) in [6.07, 6.45) is 1.44. The standard InChI is InChI=1S/C14H16BrCl2N3/c1-3-12-14(17)13(20(2)19-12)7-11(18)9-5-4-8(16)6-10(9)15/h4-6,11H,3,7,18H2,1-2H3. The topological polar surface area (TPSA) is 43.8 Å². The number of nitrogens with zero attached hydrogens (tertiary/aromatic N) is 2. The lowest BCUT2D eigenvalue weighted by atomic mass is 10.0. The summed E-state index contributed by atoms with van der Waals surface area (Å²) in [5, 5.41) is 5.81. The molecule has 0 radical (unpaired) electrons. The largest absolute Gasteiger partial charge is 0.324 e. The molecule has 3 nitrogen and oxygen atoms in total. The minimum Gasteiger partial charge on any atom is -0.324 e. The van der Waals surface area contributed by atoms with Crippen LogP contribution >= 0.6 is 39.1 Å². The SMILES string of the molecule is CCc1nn(C)c(CC(N)c2ccc(Cl)cc2Br)c1Cl. The van der Waals surface area contributed by atoms with Crippen molar-refractivity contribution in [3.63, 3.8) is 0 Å². The lowest BCUT2D eigenvalue weighted by Gasteiger charge is -2.14. The van der Waals surface area contributed by atoms with Crippen LogP contribution in [0.15, 0.2) is 22.7 Å². The number of rotatable bonds is 4. The average molecular weight is 377 g/mol. The van der Waals surface area contributed by atoms with Crippen molar-refractivity contribution in [3.05, 3.63) is 49.7 Å². The van der Waals surface area contributed by atoms with Gasteiger partial charge in [-0.05, 0) is 24.1 Å². The molecule has 2 aromatic rings. The summed E-state index contributed by atoms with van der Waals surface area (Å²) in [5.41, 5.74) is 9.16. The summed E-state index contributed by atoms with van der Waals surface area (Å²) in [7, 11) is 1.89. The molecule has 1 aromatic heterocycles. The van der Waals surface area contributed by atoms with Gasteiger partial charge in [0.15, 0.2) is 0 Å². The number of halogens is 3. The van der Waals surface area contributed by atoms with Gasteiger partial charge in [0, 0.05) is 29.0 Å². The maximum atomic E-state index is 6.35. The number of hydrogen-bond acceptors (Lipinski definition) is 2. The van der Waals surface area contributed by atoms with Gasteiger partial charge in [0.25, 0.3) is 0 Å². The van der Waals surface area contributed by atoms with Crippen LogP contribution < -0.4 is 5.73 Å². The summed E-state index contributed by atoms with van der Waals surface area (Å²) < 4.78 is 2.72. The molecule has 1 atom stereocenters. The van der Waals surface area contributed by atoms with Crippen LogP contribution in [0.4, 0.5) is 0 Å². The highest BCUT2D eigenvalue weighted by atomic mass is 79.9. The quantitative estimate of drug-likeness (QED) is 0.864. The highest BCUT2D eigenvalue weighted by Gasteiger charge is 2.18. The van der Waals surface area contributed by atoms with Crippen molar-refractivity contribution in [3.8, 4) is 0 Å². The molecule has 0 spiro atoms. The van der Waals surface area contributed by atoms with Gasteiger partial charge in [-0.25, -0.2) is 0 Å². The molecule has 0 amide bonds. The Hall–Kier alpha value is -0.550. The fourth-order valence-corrected chi connectivity index (χ4v) is 3.51. The number of nitrogens with two attached hydrogens (primary N) is 1. The molecule has 0 saturated carbocycles. The number of hydrogen-bond donors (Lipinski definition) is 1. The summed E-state index contributed by atoms with van der Waals surface area (Å²) in [6.45, 7) is 2.04. The second kappa shape index (κ2) is 6.48. The molecule has 0 aliphatic carbocycles. The van der Waals surface area contributed by atoms with E-state index in [1.807, 2.05) is 36.9 Å². The molecule has 20 heavy (non-hydrogen) atoms. The molecule has 0 bridgehead atoms. The minimum absolute atomic E-state index is 0.167. The van der Waals surface area contributed by atoms with E-state index in [9.17, 15) is 0 Å². The van der Waals surface area contributed by atoms with Crippen molar-refractivity contribution >= 4 is 39.1 Å². The third-order valence-corrected chi connectivity index (χ3v) is 4.64. The van der Waals surface area contributed by atoms with Gasteiger partial charge in [0.05, 0.1) is 16.4 Å². The van der Waals surface area contributed by atoms with Crippen molar-refractivity contribution in [2.45, 2.75) is 25.8 Å². The van der Waals surface area contributed by atoms with E-state index >= 15 is 0 Å². The molecule has 6 heteroatoms. The Balaban J connectivity index is 2.27. The molecule has 1 heterocycles. The van der Waals surface area contributed by atoms with Crippen LogP contribution in [0.2, 0.25) is 10.0 Å². The average Bonchev–Trinajstić information content (AvgIpc) is 2.66. The van der Waals surface area contributed by atoms with Crippen LogP contribution in [0.3, 0.4) is 0 Å². The first-order valence-corrected chi connectivity index (χ1v) is 7.89. The lowest BCUT2D eigenvalue weighted by molar-refractivity contribution is 0.637. The molecule has 2 rings (SSSR count). The molecule has 0 aliphatic rings. The summed E-state index contributed by atoms with van der Waals surface area (Å²) >= 11 is 15.8. The Labute approximate surface area is 137 Å². The van der Waals surface area contributed by atoms with Crippen LogP contribution in [0.25, 0.3) is 0 Å². The van der Waals surface area contributed by atoms with E-state index in [-0.39, 0.29) is 6.04 Å². The van der Waals surface area contributed by atoms with Crippen molar-refractivity contribution < 1.29 is 0 Å². The molecule has 108 valence electrons. The van der Waals surface area contributed by atoms with Crippen molar-refractivity contribution in [2.75, 3.05) is 0 Å². The van der Waals surface area contributed by atoms with Gasteiger partial charge in [-0.2, -0.15) is 5.10 Å². The van der Waals surface area contributed by atoms with E-state index in [1.165, 1.54) is 0 Å². The molecular weight excluding hydrogens is 361 g/mol. The van der Waals surface area contributed by atoms with Gasteiger partial charge >= 0.3 is 0 Å². The third kappa shape index (κ3) is 3.19. The molecule has 0 fully saturated rings. The second-order valence-corrected chi connectivity index (χ2v) is 6.33. The van der Waals surface area contributed by atoms with Gasteiger partial charge in [-0.15, -0.1) is 0 Å². The first-order chi connectivity index (χ1) is 9.43. The Morgan fingerprint density at radius 3 is 2.65 bits per heavy atom. The zero-order chi connectivity index (χ0) is 14.9. The van der Waals surface area contributed by atoms with Crippen LogP contribution in [0.1, 0.15) is 29.9 Å². The summed E-state index contributed by atoms with van der Waals surface area (Å²) in [5.74, 6) is 0. The lowest BCUT2D eigenvalue weighted by Crippen LogP contribution is -2.16. The Kier molecular flexibility index (Phi) is 5.13. The molecule has 0 aliphatic heterocycles.